The summed E-state index contributed by atoms with van der Waals surface area (Å²) in [6.07, 6.45) is 2.19. The molecule has 2 aromatic rings. The van der Waals surface area contributed by atoms with Gasteiger partial charge in [0.15, 0.2) is 0 Å². The van der Waals surface area contributed by atoms with Crippen LogP contribution < -0.4 is 0 Å². The molecule has 0 spiro atoms. The van der Waals surface area contributed by atoms with Crippen molar-refractivity contribution in [2.24, 2.45) is 0 Å². The van der Waals surface area contributed by atoms with E-state index >= 15 is 0 Å². The van der Waals surface area contributed by atoms with Gasteiger partial charge in [-0.25, -0.2) is 0 Å². The molecule has 106 valence electrons. The summed E-state index contributed by atoms with van der Waals surface area (Å²) in [7, 11) is 0. The minimum absolute atomic E-state index is 0.152. The standard InChI is InChI=1S/C14H16ClN3O2/c15-12-2-1-3-13-11(12)10-16-18(13)5-4-14(19)17-6-8-20-9-7-17/h1-3,10H,4-9H2. The zero-order valence-electron chi connectivity index (χ0n) is 11.1. The Bertz CT molecular complexity index is 620. The highest BCUT2D eigenvalue weighted by molar-refractivity contribution is 6.35. The van der Waals surface area contributed by atoms with Crippen molar-refractivity contribution in [2.75, 3.05) is 26.3 Å². The van der Waals surface area contributed by atoms with E-state index in [2.05, 4.69) is 5.10 Å². The minimum atomic E-state index is 0.152. The number of nitrogens with zero attached hydrogens (tertiary/aromatic N) is 3. The van der Waals surface area contributed by atoms with Crippen LogP contribution in [-0.2, 0) is 16.1 Å². The largest absolute Gasteiger partial charge is 0.378 e. The topological polar surface area (TPSA) is 47.4 Å². The van der Waals surface area contributed by atoms with Crippen LogP contribution >= 0.6 is 11.6 Å². The lowest BCUT2D eigenvalue weighted by Crippen LogP contribution is -2.41. The maximum absolute atomic E-state index is 12.1. The first-order valence-electron chi connectivity index (χ1n) is 6.71. The normalized spacial score (nSPS) is 15.8. The van der Waals surface area contributed by atoms with Gasteiger partial charge in [-0.15, -0.1) is 0 Å². The second kappa shape index (κ2) is 5.81. The molecule has 0 atom stereocenters. The fourth-order valence-electron chi connectivity index (χ4n) is 2.42. The molecule has 0 unspecified atom stereocenters. The molecule has 6 heteroatoms. The van der Waals surface area contributed by atoms with E-state index < -0.39 is 0 Å². The summed E-state index contributed by atoms with van der Waals surface area (Å²) in [5, 5.41) is 5.92. The number of ether oxygens (including phenoxy) is 1. The molecule has 1 aromatic carbocycles. The quantitative estimate of drug-likeness (QED) is 0.869. The van der Waals surface area contributed by atoms with Gasteiger partial charge in [-0.3, -0.25) is 9.48 Å². The molecule has 1 aliphatic rings. The molecule has 0 aliphatic carbocycles. The SMILES string of the molecule is O=C(CCn1ncc2c(Cl)cccc21)N1CCOCC1. The van der Waals surface area contributed by atoms with Gasteiger partial charge in [0.25, 0.3) is 0 Å². The Balaban J connectivity index is 1.67. The Morgan fingerprint density at radius 1 is 1.35 bits per heavy atom. The van der Waals surface area contributed by atoms with Gasteiger partial charge in [0.05, 0.1) is 36.5 Å². The molecule has 1 amide bonds. The third-order valence-electron chi connectivity index (χ3n) is 3.54. The van der Waals surface area contributed by atoms with Crippen molar-refractivity contribution in [3.8, 4) is 0 Å². The fourth-order valence-corrected chi connectivity index (χ4v) is 2.64. The molecule has 0 bridgehead atoms. The first-order chi connectivity index (χ1) is 9.75. The molecular formula is C14H16ClN3O2. The number of amides is 1. The predicted molar refractivity (Wildman–Crippen MR) is 76.8 cm³/mol. The summed E-state index contributed by atoms with van der Waals surface area (Å²) in [5.41, 5.74) is 0.965. The van der Waals surface area contributed by atoms with Crippen molar-refractivity contribution in [1.82, 2.24) is 14.7 Å². The summed E-state index contributed by atoms with van der Waals surface area (Å²) in [6.45, 7) is 3.20. The Morgan fingerprint density at radius 3 is 2.95 bits per heavy atom. The third-order valence-corrected chi connectivity index (χ3v) is 3.87. The number of aryl methyl sites for hydroxylation is 1. The Kier molecular flexibility index (Phi) is 3.89. The van der Waals surface area contributed by atoms with Crippen LogP contribution in [0.2, 0.25) is 5.02 Å². The second-order valence-corrected chi connectivity index (χ2v) is 5.19. The van der Waals surface area contributed by atoms with Crippen LogP contribution in [0.1, 0.15) is 6.42 Å². The number of hydrogen-bond donors (Lipinski definition) is 0. The van der Waals surface area contributed by atoms with Crippen molar-refractivity contribution >= 4 is 28.4 Å². The minimum Gasteiger partial charge on any atom is -0.378 e. The molecule has 20 heavy (non-hydrogen) atoms. The highest BCUT2D eigenvalue weighted by atomic mass is 35.5. The van der Waals surface area contributed by atoms with Gasteiger partial charge >= 0.3 is 0 Å². The maximum atomic E-state index is 12.1. The predicted octanol–water partition coefficient (Wildman–Crippen LogP) is 1.94. The third kappa shape index (κ3) is 2.64. The van der Waals surface area contributed by atoms with Crippen LogP contribution in [0.4, 0.5) is 0 Å². The zero-order valence-corrected chi connectivity index (χ0v) is 11.8. The van der Waals surface area contributed by atoms with Crippen molar-refractivity contribution in [1.29, 1.82) is 0 Å². The molecule has 1 aliphatic heterocycles. The van der Waals surface area contributed by atoms with Gasteiger partial charge in [-0.2, -0.15) is 5.10 Å². The number of carbonyl (C=O) groups is 1. The molecule has 0 saturated carbocycles. The van der Waals surface area contributed by atoms with E-state index in [-0.39, 0.29) is 5.91 Å². The van der Waals surface area contributed by atoms with Crippen LogP contribution in [0.25, 0.3) is 10.9 Å². The molecule has 3 rings (SSSR count). The van der Waals surface area contributed by atoms with Crippen LogP contribution in [0, 0.1) is 0 Å². The maximum Gasteiger partial charge on any atom is 0.224 e. The van der Waals surface area contributed by atoms with E-state index in [4.69, 9.17) is 16.3 Å². The number of morpholine rings is 1. The first-order valence-corrected chi connectivity index (χ1v) is 7.09. The molecule has 0 N–H and O–H groups in total. The molecule has 1 fully saturated rings. The Labute approximate surface area is 122 Å². The monoisotopic (exact) mass is 293 g/mol. The number of fused-ring (bicyclic) bond motifs is 1. The summed E-state index contributed by atoms with van der Waals surface area (Å²) in [4.78, 5) is 13.9. The lowest BCUT2D eigenvalue weighted by molar-refractivity contribution is -0.135. The molecule has 1 aromatic heterocycles. The van der Waals surface area contributed by atoms with E-state index in [9.17, 15) is 4.79 Å². The van der Waals surface area contributed by atoms with Crippen LogP contribution in [-0.4, -0.2) is 46.9 Å². The van der Waals surface area contributed by atoms with Crippen molar-refractivity contribution in [3.05, 3.63) is 29.4 Å². The van der Waals surface area contributed by atoms with E-state index in [1.54, 1.807) is 6.20 Å². The lowest BCUT2D eigenvalue weighted by atomic mass is 10.2. The van der Waals surface area contributed by atoms with Crippen LogP contribution in [0.5, 0.6) is 0 Å². The van der Waals surface area contributed by atoms with Gasteiger partial charge in [-0.05, 0) is 12.1 Å². The zero-order chi connectivity index (χ0) is 13.9. The number of rotatable bonds is 3. The van der Waals surface area contributed by atoms with Crippen molar-refractivity contribution < 1.29 is 9.53 Å². The van der Waals surface area contributed by atoms with Gasteiger partial charge in [0, 0.05) is 24.9 Å². The average Bonchev–Trinajstić information content (AvgIpc) is 2.90. The average molecular weight is 294 g/mol. The molecular weight excluding hydrogens is 278 g/mol. The van der Waals surface area contributed by atoms with Crippen LogP contribution in [0.15, 0.2) is 24.4 Å². The molecule has 2 heterocycles. The first kappa shape index (κ1) is 13.4. The summed E-state index contributed by atoms with van der Waals surface area (Å²) in [6, 6.07) is 5.70. The summed E-state index contributed by atoms with van der Waals surface area (Å²) in [5.74, 6) is 0.152. The molecule has 1 saturated heterocycles. The Hall–Kier alpha value is -1.59. The van der Waals surface area contributed by atoms with E-state index in [1.165, 1.54) is 0 Å². The van der Waals surface area contributed by atoms with Gasteiger partial charge in [-0.1, -0.05) is 17.7 Å². The molecule has 0 radical (unpaired) electrons. The number of benzene rings is 1. The van der Waals surface area contributed by atoms with Crippen molar-refractivity contribution in [2.45, 2.75) is 13.0 Å². The van der Waals surface area contributed by atoms with E-state index in [1.807, 2.05) is 27.8 Å². The number of aromatic nitrogens is 2. The Morgan fingerprint density at radius 2 is 2.15 bits per heavy atom. The highest BCUT2D eigenvalue weighted by Gasteiger charge is 2.17. The smallest absolute Gasteiger partial charge is 0.224 e. The van der Waals surface area contributed by atoms with Crippen LogP contribution in [0.3, 0.4) is 0 Å². The van der Waals surface area contributed by atoms with Gasteiger partial charge < -0.3 is 9.64 Å². The van der Waals surface area contributed by atoms with Crippen molar-refractivity contribution in [3.63, 3.8) is 0 Å². The number of halogens is 1. The summed E-state index contributed by atoms with van der Waals surface area (Å²) >= 11 is 6.11. The fraction of sp³-hybridized carbons (Fsp3) is 0.429. The molecule has 5 nitrogen and oxygen atoms in total. The number of carbonyl (C=O) groups excluding carboxylic acids is 1. The van der Waals surface area contributed by atoms with Gasteiger partial charge in [0.2, 0.25) is 5.91 Å². The van der Waals surface area contributed by atoms with E-state index in [0.717, 1.165) is 10.9 Å². The second-order valence-electron chi connectivity index (χ2n) is 4.78. The van der Waals surface area contributed by atoms with E-state index in [0.29, 0.717) is 44.3 Å². The highest BCUT2D eigenvalue weighted by Crippen LogP contribution is 2.22. The number of hydrogen-bond acceptors (Lipinski definition) is 3. The summed E-state index contributed by atoms with van der Waals surface area (Å²) < 4.78 is 7.08. The lowest BCUT2D eigenvalue weighted by Gasteiger charge is -2.26. The van der Waals surface area contributed by atoms with Gasteiger partial charge in [0.1, 0.15) is 0 Å².